The lowest BCUT2D eigenvalue weighted by molar-refractivity contribution is 0.102. The van der Waals surface area contributed by atoms with Gasteiger partial charge >= 0.3 is 0 Å². The predicted molar refractivity (Wildman–Crippen MR) is 70.7 cm³/mol. The van der Waals surface area contributed by atoms with Crippen LogP contribution in [0.3, 0.4) is 0 Å². The Morgan fingerprint density at radius 3 is 2.58 bits per heavy atom. The Labute approximate surface area is 115 Å². The highest BCUT2D eigenvalue weighted by atomic mass is 79.9. The maximum atomic E-state index is 13.1. The highest BCUT2D eigenvalue weighted by Crippen LogP contribution is 2.19. The highest BCUT2D eigenvalue weighted by molar-refractivity contribution is 9.10. The van der Waals surface area contributed by atoms with Crippen LogP contribution >= 0.6 is 15.9 Å². The van der Waals surface area contributed by atoms with Gasteiger partial charge in [0.05, 0.1) is 17.4 Å². The van der Waals surface area contributed by atoms with Gasteiger partial charge < -0.3 is 11.1 Å². The van der Waals surface area contributed by atoms with Crippen molar-refractivity contribution in [2.45, 2.75) is 0 Å². The zero-order chi connectivity index (χ0) is 14.0. The number of carbonyl (C=O) groups is 1. The first-order valence-electron chi connectivity index (χ1n) is 5.15. The van der Waals surface area contributed by atoms with Gasteiger partial charge in [-0.25, -0.2) is 13.8 Å². The van der Waals surface area contributed by atoms with Gasteiger partial charge in [-0.05, 0) is 34.1 Å². The molecule has 0 spiro atoms. The van der Waals surface area contributed by atoms with Crippen LogP contribution < -0.4 is 11.1 Å². The van der Waals surface area contributed by atoms with Crippen molar-refractivity contribution in [1.82, 2.24) is 4.98 Å². The number of carbonyl (C=O) groups excluding carboxylic acids is 1. The van der Waals surface area contributed by atoms with Crippen molar-refractivity contribution in [1.29, 1.82) is 0 Å². The fourth-order valence-electron chi connectivity index (χ4n) is 1.41. The molecule has 0 atom stereocenters. The number of pyridine rings is 1. The van der Waals surface area contributed by atoms with Crippen molar-refractivity contribution in [2.75, 3.05) is 11.1 Å². The van der Waals surface area contributed by atoms with E-state index in [2.05, 4.69) is 26.2 Å². The van der Waals surface area contributed by atoms with Crippen molar-refractivity contribution in [3.63, 3.8) is 0 Å². The molecule has 0 radical (unpaired) electrons. The maximum absolute atomic E-state index is 13.1. The van der Waals surface area contributed by atoms with Crippen LogP contribution in [0.15, 0.2) is 35.1 Å². The molecule has 0 fully saturated rings. The topological polar surface area (TPSA) is 68.0 Å². The van der Waals surface area contributed by atoms with E-state index in [0.717, 1.165) is 12.1 Å². The minimum atomic E-state index is -1.13. The Kier molecular flexibility index (Phi) is 3.75. The molecule has 0 aliphatic rings. The van der Waals surface area contributed by atoms with Crippen molar-refractivity contribution in [2.24, 2.45) is 0 Å². The van der Waals surface area contributed by atoms with Crippen LogP contribution in [0.5, 0.6) is 0 Å². The van der Waals surface area contributed by atoms with E-state index in [9.17, 15) is 13.6 Å². The molecule has 2 rings (SSSR count). The van der Waals surface area contributed by atoms with E-state index in [4.69, 9.17) is 5.73 Å². The summed E-state index contributed by atoms with van der Waals surface area (Å²) in [5.74, 6) is -2.87. The predicted octanol–water partition coefficient (Wildman–Crippen LogP) is 2.96. The van der Waals surface area contributed by atoms with Gasteiger partial charge in [-0.2, -0.15) is 0 Å². The van der Waals surface area contributed by atoms with E-state index in [1.54, 1.807) is 12.1 Å². The smallest absolute Gasteiger partial charge is 0.257 e. The number of amides is 1. The highest BCUT2D eigenvalue weighted by Gasteiger charge is 2.14. The minimum absolute atomic E-state index is 0.137. The first-order chi connectivity index (χ1) is 8.97. The molecule has 2 aromatic rings. The number of benzene rings is 1. The molecule has 0 bridgehead atoms. The standard InChI is InChI=1S/C12H8BrF2N3O/c13-11-2-1-6(5-17-11)18-12(19)7-3-8(14)9(15)4-10(7)16/h1-5H,16H2,(H,18,19). The maximum Gasteiger partial charge on any atom is 0.257 e. The van der Waals surface area contributed by atoms with Gasteiger partial charge in [0.15, 0.2) is 11.6 Å². The summed E-state index contributed by atoms with van der Waals surface area (Å²) in [4.78, 5) is 15.8. The van der Waals surface area contributed by atoms with Crippen LogP contribution in [0.1, 0.15) is 10.4 Å². The van der Waals surface area contributed by atoms with E-state index in [-0.39, 0.29) is 11.3 Å². The monoisotopic (exact) mass is 327 g/mol. The van der Waals surface area contributed by atoms with Gasteiger partial charge in [0.1, 0.15) is 4.60 Å². The van der Waals surface area contributed by atoms with Gasteiger partial charge in [-0.15, -0.1) is 0 Å². The molecule has 98 valence electrons. The van der Waals surface area contributed by atoms with Gasteiger partial charge in [0, 0.05) is 11.8 Å². The van der Waals surface area contributed by atoms with Crippen LogP contribution in [-0.2, 0) is 0 Å². The molecule has 7 heteroatoms. The van der Waals surface area contributed by atoms with Crippen LogP contribution in [-0.4, -0.2) is 10.9 Å². The van der Waals surface area contributed by atoms with Gasteiger partial charge in [-0.1, -0.05) is 0 Å². The fourth-order valence-corrected chi connectivity index (χ4v) is 1.64. The number of anilines is 2. The van der Waals surface area contributed by atoms with E-state index in [1.807, 2.05) is 0 Å². The number of nitrogens with one attached hydrogen (secondary N) is 1. The Balaban J connectivity index is 2.25. The van der Waals surface area contributed by atoms with Gasteiger partial charge in [0.2, 0.25) is 0 Å². The first kappa shape index (κ1) is 13.4. The third kappa shape index (κ3) is 3.05. The van der Waals surface area contributed by atoms with E-state index < -0.39 is 17.5 Å². The Bertz CT molecular complexity index is 632. The number of halogens is 3. The summed E-state index contributed by atoms with van der Waals surface area (Å²) < 4.78 is 26.6. The number of rotatable bonds is 2. The SMILES string of the molecule is Nc1cc(F)c(F)cc1C(=O)Nc1ccc(Br)nc1. The molecule has 1 aromatic heterocycles. The number of aromatic nitrogens is 1. The summed E-state index contributed by atoms with van der Waals surface area (Å²) in [5, 5.41) is 2.48. The molecule has 0 aliphatic heterocycles. The zero-order valence-corrected chi connectivity index (χ0v) is 11.0. The second-order valence-electron chi connectivity index (χ2n) is 3.68. The fraction of sp³-hybridized carbons (Fsp3) is 0. The van der Waals surface area contributed by atoms with Gasteiger partial charge in [-0.3, -0.25) is 4.79 Å². The molecule has 19 heavy (non-hydrogen) atoms. The van der Waals surface area contributed by atoms with Crippen molar-refractivity contribution < 1.29 is 13.6 Å². The zero-order valence-electron chi connectivity index (χ0n) is 9.45. The molecular weight excluding hydrogens is 320 g/mol. The molecule has 0 aliphatic carbocycles. The molecule has 0 saturated carbocycles. The van der Waals surface area contributed by atoms with Crippen LogP contribution in [0.4, 0.5) is 20.2 Å². The van der Waals surface area contributed by atoms with E-state index in [1.165, 1.54) is 6.20 Å². The lowest BCUT2D eigenvalue weighted by Gasteiger charge is -2.08. The summed E-state index contributed by atoms with van der Waals surface area (Å²) in [7, 11) is 0. The Morgan fingerprint density at radius 1 is 1.26 bits per heavy atom. The number of nitrogens with two attached hydrogens (primary N) is 1. The number of nitrogen functional groups attached to an aromatic ring is 1. The number of hydrogen-bond acceptors (Lipinski definition) is 3. The molecule has 1 heterocycles. The summed E-state index contributed by atoms with van der Waals surface area (Å²) in [5.41, 5.74) is 5.62. The van der Waals surface area contributed by atoms with E-state index >= 15 is 0 Å². The van der Waals surface area contributed by atoms with Crippen molar-refractivity contribution in [3.05, 3.63) is 52.3 Å². The second-order valence-corrected chi connectivity index (χ2v) is 4.49. The summed E-state index contributed by atoms with van der Waals surface area (Å²) in [6, 6.07) is 4.76. The quantitative estimate of drug-likeness (QED) is 0.658. The third-order valence-corrected chi connectivity index (χ3v) is 2.79. The van der Waals surface area contributed by atoms with Crippen LogP contribution in [0.2, 0.25) is 0 Å². The third-order valence-electron chi connectivity index (χ3n) is 2.32. The Hall–Kier alpha value is -2.02. The largest absolute Gasteiger partial charge is 0.398 e. The lowest BCUT2D eigenvalue weighted by atomic mass is 10.1. The van der Waals surface area contributed by atoms with Crippen LogP contribution in [0.25, 0.3) is 0 Å². The molecule has 0 unspecified atom stereocenters. The number of nitrogens with zero attached hydrogens (tertiary/aromatic N) is 1. The van der Waals surface area contributed by atoms with Crippen molar-refractivity contribution in [3.8, 4) is 0 Å². The molecule has 1 aromatic carbocycles. The normalized spacial score (nSPS) is 10.3. The molecule has 0 saturated heterocycles. The first-order valence-corrected chi connectivity index (χ1v) is 5.94. The number of hydrogen-bond donors (Lipinski definition) is 2. The molecule has 4 nitrogen and oxygen atoms in total. The van der Waals surface area contributed by atoms with Crippen LogP contribution in [0, 0.1) is 11.6 Å². The molecule has 1 amide bonds. The molecular formula is C12H8BrF2N3O. The van der Waals surface area contributed by atoms with Crippen molar-refractivity contribution >= 4 is 33.2 Å². The summed E-state index contributed by atoms with van der Waals surface area (Å²) in [6.45, 7) is 0. The minimum Gasteiger partial charge on any atom is -0.398 e. The average molecular weight is 328 g/mol. The molecule has 3 N–H and O–H groups in total. The lowest BCUT2D eigenvalue weighted by Crippen LogP contribution is -2.15. The van der Waals surface area contributed by atoms with E-state index in [0.29, 0.717) is 10.3 Å². The summed E-state index contributed by atoms with van der Waals surface area (Å²) >= 11 is 3.15. The van der Waals surface area contributed by atoms with Gasteiger partial charge in [0.25, 0.3) is 5.91 Å². The average Bonchev–Trinajstić information content (AvgIpc) is 2.36. The second kappa shape index (κ2) is 5.31. The Morgan fingerprint density at radius 2 is 1.95 bits per heavy atom. The summed E-state index contributed by atoms with van der Waals surface area (Å²) in [6.07, 6.45) is 1.41.